The quantitative estimate of drug-likeness (QED) is 0.387. The van der Waals surface area contributed by atoms with Gasteiger partial charge in [-0.2, -0.15) is 5.75 Å². The molecular weight excluding hydrogens is 164 g/mol. The van der Waals surface area contributed by atoms with Gasteiger partial charge < -0.3 is 12.6 Å². The van der Waals surface area contributed by atoms with Gasteiger partial charge in [0.15, 0.2) is 0 Å². The van der Waals surface area contributed by atoms with Gasteiger partial charge in [-0.25, -0.2) is 0 Å². The van der Waals surface area contributed by atoms with Crippen LogP contribution in [0.1, 0.15) is 64.7 Å². The van der Waals surface area contributed by atoms with Crippen LogP contribution in [-0.4, -0.2) is 5.75 Å². The van der Waals surface area contributed by atoms with Crippen LogP contribution in [0.2, 0.25) is 0 Å². The SMILES string of the molecule is CCCCCCCCCCC[S-]. The van der Waals surface area contributed by atoms with Crippen LogP contribution in [0.5, 0.6) is 0 Å². The monoisotopic (exact) mass is 187 g/mol. The van der Waals surface area contributed by atoms with E-state index < -0.39 is 0 Å². The Balaban J connectivity index is 2.73. The zero-order valence-corrected chi connectivity index (χ0v) is 9.30. The van der Waals surface area contributed by atoms with Crippen LogP contribution >= 0.6 is 0 Å². The summed E-state index contributed by atoms with van der Waals surface area (Å²) in [5, 5.41) is 0. The molecule has 1 heteroatoms. The first-order chi connectivity index (χ1) is 5.91. The third-order valence-electron chi connectivity index (χ3n) is 2.25. The molecule has 0 radical (unpaired) electrons. The summed E-state index contributed by atoms with van der Waals surface area (Å²) in [6, 6.07) is 0. The highest BCUT2D eigenvalue weighted by atomic mass is 32.1. The van der Waals surface area contributed by atoms with Gasteiger partial charge in [-0.1, -0.05) is 64.7 Å². The molecule has 0 aromatic carbocycles. The van der Waals surface area contributed by atoms with E-state index in [-0.39, 0.29) is 0 Å². The molecule has 74 valence electrons. The first-order valence-corrected chi connectivity index (χ1v) is 6.07. The van der Waals surface area contributed by atoms with Crippen LogP contribution in [0.3, 0.4) is 0 Å². The minimum Gasteiger partial charge on any atom is -0.793 e. The van der Waals surface area contributed by atoms with Gasteiger partial charge in [-0.05, 0) is 0 Å². The summed E-state index contributed by atoms with van der Waals surface area (Å²) < 4.78 is 0. The highest BCUT2D eigenvalue weighted by Crippen LogP contribution is 2.08. The van der Waals surface area contributed by atoms with Crippen molar-refractivity contribution in [2.24, 2.45) is 0 Å². The van der Waals surface area contributed by atoms with E-state index in [1.165, 1.54) is 57.8 Å². The predicted octanol–water partition coefficient (Wildman–Crippen LogP) is 4.06. The van der Waals surface area contributed by atoms with Crippen LogP contribution in [0.15, 0.2) is 0 Å². The lowest BCUT2D eigenvalue weighted by atomic mass is 10.1. The van der Waals surface area contributed by atoms with Gasteiger partial charge in [-0.3, -0.25) is 0 Å². The molecule has 0 aromatic heterocycles. The molecule has 0 aliphatic carbocycles. The summed E-state index contributed by atoms with van der Waals surface area (Å²) in [6.07, 6.45) is 12.6. The lowest BCUT2D eigenvalue weighted by Crippen LogP contribution is -1.82. The summed E-state index contributed by atoms with van der Waals surface area (Å²) in [7, 11) is 0. The average Bonchev–Trinajstić information content (AvgIpc) is 2.10. The topological polar surface area (TPSA) is 0 Å². The second-order valence-electron chi connectivity index (χ2n) is 3.53. The molecule has 12 heavy (non-hydrogen) atoms. The third kappa shape index (κ3) is 10.3. The maximum atomic E-state index is 4.89. The predicted molar refractivity (Wildman–Crippen MR) is 59.5 cm³/mol. The van der Waals surface area contributed by atoms with Gasteiger partial charge >= 0.3 is 0 Å². The molecule has 0 rings (SSSR count). The molecule has 0 aromatic rings. The average molecular weight is 187 g/mol. The summed E-state index contributed by atoms with van der Waals surface area (Å²) in [5.41, 5.74) is 0. The van der Waals surface area contributed by atoms with Crippen molar-refractivity contribution >= 4 is 12.6 Å². The second kappa shape index (κ2) is 11.4. The zero-order valence-electron chi connectivity index (χ0n) is 8.48. The van der Waals surface area contributed by atoms with Crippen molar-refractivity contribution in [3.8, 4) is 0 Å². The number of hydrogen-bond donors (Lipinski definition) is 0. The van der Waals surface area contributed by atoms with Crippen LogP contribution in [0.4, 0.5) is 0 Å². The lowest BCUT2D eigenvalue weighted by molar-refractivity contribution is 0.573. The van der Waals surface area contributed by atoms with Crippen molar-refractivity contribution in [1.82, 2.24) is 0 Å². The minimum absolute atomic E-state index is 0.954. The Hall–Kier alpha value is 0.350. The number of hydrogen-bond acceptors (Lipinski definition) is 1. The molecule has 0 saturated carbocycles. The molecule has 0 fully saturated rings. The van der Waals surface area contributed by atoms with E-state index in [0.717, 1.165) is 5.75 Å². The third-order valence-corrected chi connectivity index (χ3v) is 2.54. The minimum atomic E-state index is 0.954. The Morgan fingerprint density at radius 2 is 1.08 bits per heavy atom. The molecule has 0 bridgehead atoms. The van der Waals surface area contributed by atoms with Crippen molar-refractivity contribution in [2.75, 3.05) is 5.75 Å². The zero-order chi connectivity index (χ0) is 9.07. The van der Waals surface area contributed by atoms with Gasteiger partial charge in [0.05, 0.1) is 0 Å². The van der Waals surface area contributed by atoms with Gasteiger partial charge in [0.2, 0.25) is 0 Å². The van der Waals surface area contributed by atoms with E-state index in [2.05, 4.69) is 6.92 Å². The fraction of sp³-hybridized carbons (Fsp3) is 1.00. The largest absolute Gasteiger partial charge is 0.793 e. The molecule has 0 spiro atoms. The molecule has 0 atom stereocenters. The normalized spacial score (nSPS) is 10.5. The van der Waals surface area contributed by atoms with Gasteiger partial charge in [0.25, 0.3) is 0 Å². The molecule has 0 amide bonds. The van der Waals surface area contributed by atoms with Crippen LogP contribution in [0.25, 0.3) is 0 Å². The fourth-order valence-electron chi connectivity index (χ4n) is 1.41. The highest BCUT2D eigenvalue weighted by molar-refractivity contribution is 7.58. The Bertz CT molecular complexity index is 61.4. The van der Waals surface area contributed by atoms with Crippen LogP contribution in [-0.2, 0) is 12.6 Å². The van der Waals surface area contributed by atoms with Gasteiger partial charge in [0, 0.05) is 0 Å². The van der Waals surface area contributed by atoms with Gasteiger partial charge in [0.1, 0.15) is 0 Å². The van der Waals surface area contributed by atoms with Crippen molar-refractivity contribution in [3.05, 3.63) is 0 Å². The summed E-state index contributed by atoms with van der Waals surface area (Å²) in [4.78, 5) is 0. The van der Waals surface area contributed by atoms with E-state index >= 15 is 0 Å². The van der Waals surface area contributed by atoms with Crippen LogP contribution < -0.4 is 0 Å². The first kappa shape index (κ1) is 12.3. The fourth-order valence-corrected chi connectivity index (χ4v) is 1.62. The number of rotatable bonds is 9. The maximum Gasteiger partial charge on any atom is -0.0533 e. The van der Waals surface area contributed by atoms with E-state index in [9.17, 15) is 0 Å². The molecular formula is C11H23S-. The van der Waals surface area contributed by atoms with Crippen molar-refractivity contribution in [3.63, 3.8) is 0 Å². The molecule has 0 heterocycles. The van der Waals surface area contributed by atoms with Gasteiger partial charge in [-0.15, -0.1) is 0 Å². The Morgan fingerprint density at radius 3 is 1.50 bits per heavy atom. The summed E-state index contributed by atoms with van der Waals surface area (Å²) in [6.45, 7) is 2.27. The standard InChI is InChI=1S/C11H24S/c1-2-3-4-5-6-7-8-9-10-11-12/h12H,2-11H2,1H3/p-1. The van der Waals surface area contributed by atoms with Crippen molar-refractivity contribution < 1.29 is 0 Å². The van der Waals surface area contributed by atoms with Crippen molar-refractivity contribution in [1.29, 1.82) is 0 Å². The second-order valence-corrected chi connectivity index (χ2v) is 3.94. The van der Waals surface area contributed by atoms with E-state index in [1.807, 2.05) is 0 Å². The summed E-state index contributed by atoms with van der Waals surface area (Å²) in [5.74, 6) is 0.954. The van der Waals surface area contributed by atoms with Crippen LogP contribution in [0, 0.1) is 0 Å². The smallest absolute Gasteiger partial charge is 0.0533 e. The summed E-state index contributed by atoms with van der Waals surface area (Å²) >= 11 is 4.89. The Labute approximate surface area is 83.5 Å². The van der Waals surface area contributed by atoms with E-state index in [0.29, 0.717) is 0 Å². The lowest BCUT2D eigenvalue weighted by Gasteiger charge is -2.03. The maximum absolute atomic E-state index is 4.89. The van der Waals surface area contributed by atoms with E-state index in [4.69, 9.17) is 12.6 Å². The Kier molecular flexibility index (Phi) is 11.7. The highest BCUT2D eigenvalue weighted by Gasteiger charge is 1.89. The van der Waals surface area contributed by atoms with E-state index in [1.54, 1.807) is 0 Å². The molecule has 0 saturated heterocycles. The Morgan fingerprint density at radius 1 is 0.667 bits per heavy atom. The molecule has 0 N–H and O–H groups in total. The first-order valence-electron chi connectivity index (χ1n) is 5.50. The molecule has 0 nitrogen and oxygen atoms in total. The molecule has 0 unspecified atom stereocenters. The molecule has 0 aliphatic heterocycles. The molecule has 0 aliphatic rings. The number of unbranched alkanes of at least 4 members (excludes halogenated alkanes) is 8. The van der Waals surface area contributed by atoms with Crippen molar-refractivity contribution in [2.45, 2.75) is 64.7 Å².